The lowest BCUT2D eigenvalue weighted by Gasteiger charge is -2.31. The van der Waals surface area contributed by atoms with Crippen molar-refractivity contribution >= 4 is 5.84 Å². The first-order chi connectivity index (χ1) is 8.20. The Balaban J connectivity index is 1.97. The van der Waals surface area contributed by atoms with Crippen LogP contribution >= 0.6 is 0 Å². The highest BCUT2D eigenvalue weighted by Crippen LogP contribution is 2.17. The molecule has 1 atom stereocenters. The van der Waals surface area contributed by atoms with Gasteiger partial charge in [0.05, 0.1) is 12.4 Å². The van der Waals surface area contributed by atoms with Gasteiger partial charge in [-0.05, 0) is 26.3 Å². The molecule has 94 valence electrons. The molecule has 0 aliphatic carbocycles. The minimum Gasteiger partial charge on any atom is -0.387 e. The smallest absolute Gasteiger partial charge is 0.140 e. The second-order valence-corrected chi connectivity index (χ2v) is 4.52. The SMILES string of the molecule is CCn1ncnc1CN1CCCC(C(=N)N)C1. The lowest BCUT2D eigenvalue weighted by atomic mass is 9.97. The van der Waals surface area contributed by atoms with E-state index in [0.717, 1.165) is 44.8 Å². The topological polar surface area (TPSA) is 83.8 Å². The number of nitrogens with one attached hydrogen (secondary N) is 1. The molecule has 0 amide bonds. The summed E-state index contributed by atoms with van der Waals surface area (Å²) in [4.78, 5) is 6.59. The van der Waals surface area contributed by atoms with E-state index in [0.29, 0.717) is 5.84 Å². The van der Waals surface area contributed by atoms with E-state index in [1.807, 2.05) is 4.68 Å². The molecular formula is C11H20N6. The van der Waals surface area contributed by atoms with Crippen molar-refractivity contribution in [3.05, 3.63) is 12.2 Å². The predicted octanol–water partition coefficient (Wildman–Crippen LogP) is 0.446. The van der Waals surface area contributed by atoms with Crippen molar-refractivity contribution in [3.63, 3.8) is 0 Å². The number of nitrogens with zero attached hydrogens (tertiary/aromatic N) is 4. The van der Waals surface area contributed by atoms with Crippen molar-refractivity contribution < 1.29 is 0 Å². The summed E-state index contributed by atoms with van der Waals surface area (Å²) in [5, 5.41) is 11.7. The molecule has 3 N–H and O–H groups in total. The number of hydrogen-bond acceptors (Lipinski definition) is 4. The number of piperidine rings is 1. The molecule has 6 nitrogen and oxygen atoms in total. The molecule has 2 rings (SSSR count). The molecular weight excluding hydrogens is 216 g/mol. The van der Waals surface area contributed by atoms with Crippen molar-refractivity contribution in [2.24, 2.45) is 11.7 Å². The van der Waals surface area contributed by atoms with Crippen LogP contribution in [0.2, 0.25) is 0 Å². The van der Waals surface area contributed by atoms with Crippen LogP contribution in [0.25, 0.3) is 0 Å². The molecule has 1 fully saturated rings. The molecule has 17 heavy (non-hydrogen) atoms. The molecule has 0 saturated carbocycles. The Labute approximate surface area is 101 Å². The van der Waals surface area contributed by atoms with Crippen LogP contribution in [-0.2, 0) is 13.1 Å². The molecule has 1 aliphatic rings. The number of aromatic nitrogens is 3. The normalized spacial score (nSPS) is 21.6. The lowest BCUT2D eigenvalue weighted by Crippen LogP contribution is -2.40. The van der Waals surface area contributed by atoms with Crippen LogP contribution in [0.5, 0.6) is 0 Å². The summed E-state index contributed by atoms with van der Waals surface area (Å²) in [5.41, 5.74) is 5.58. The second kappa shape index (κ2) is 5.27. The van der Waals surface area contributed by atoms with Crippen LogP contribution in [0, 0.1) is 11.3 Å². The van der Waals surface area contributed by atoms with Gasteiger partial charge in [-0.3, -0.25) is 10.3 Å². The van der Waals surface area contributed by atoms with Gasteiger partial charge in [-0.25, -0.2) is 9.67 Å². The van der Waals surface area contributed by atoms with Gasteiger partial charge in [-0.15, -0.1) is 0 Å². The highest BCUT2D eigenvalue weighted by Gasteiger charge is 2.22. The van der Waals surface area contributed by atoms with Crippen LogP contribution in [0.3, 0.4) is 0 Å². The second-order valence-electron chi connectivity index (χ2n) is 4.52. The maximum absolute atomic E-state index is 7.52. The van der Waals surface area contributed by atoms with Crippen LogP contribution in [-0.4, -0.2) is 38.6 Å². The van der Waals surface area contributed by atoms with Gasteiger partial charge < -0.3 is 5.73 Å². The van der Waals surface area contributed by atoms with Crippen LogP contribution in [0.15, 0.2) is 6.33 Å². The first-order valence-corrected chi connectivity index (χ1v) is 6.13. The predicted molar refractivity (Wildman–Crippen MR) is 65.6 cm³/mol. The minimum atomic E-state index is 0.210. The molecule has 6 heteroatoms. The third-order valence-corrected chi connectivity index (χ3v) is 3.31. The zero-order valence-corrected chi connectivity index (χ0v) is 10.3. The van der Waals surface area contributed by atoms with Crippen molar-refractivity contribution in [2.45, 2.75) is 32.9 Å². The third-order valence-electron chi connectivity index (χ3n) is 3.31. The van der Waals surface area contributed by atoms with Gasteiger partial charge in [0, 0.05) is 19.0 Å². The molecule has 0 aromatic carbocycles. The highest BCUT2D eigenvalue weighted by atomic mass is 15.3. The Morgan fingerprint density at radius 2 is 2.47 bits per heavy atom. The molecule has 1 aliphatic heterocycles. The van der Waals surface area contributed by atoms with Gasteiger partial charge >= 0.3 is 0 Å². The fraction of sp³-hybridized carbons (Fsp3) is 0.727. The van der Waals surface area contributed by atoms with E-state index in [4.69, 9.17) is 11.1 Å². The van der Waals surface area contributed by atoms with E-state index < -0.39 is 0 Å². The maximum atomic E-state index is 7.52. The zero-order valence-electron chi connectivity index (χ0n) is 10.3. The van der Waals surface area contributed by atoms with Crippen LogP contribution in [0.1, 0.15) is 25.6 Å². The summed E-state index contributed by atoms with van der Waals surface area (Å²) >= 11 is 0. The molecule has 0 radical (unpaired) electrons. The van der Waals surface area contributed by atoms with Crippen molar-refractivity contribution in [3.8, 4) is 0 Å². The van der Waals surface area contributed by atoms with E-state index in [1.54, 1.807) is 6.33 Å². The Bertz CT molecular complexity index is 385. The molecule has 1 saturated heterocycles. The molecule has 2 heterocycles. The summed E-state index contributed by atoms with van der Waals surface area (Å²) in [6.45, 7) is 5.63. The molecule has 0 bridgehead atoms. The summed E-state index contributed by atoms with van der Waals surface area (Å²) in [6, 6.07) is 0. The van der Waals surface area contributed by atoms with Crippen molar-refractivity contribution in [1.29, 1.82) is 5.41 Å². The Hall–Kier alpha value is -1.43. The Kier molecular flexibility index (Phi) is 3.73. The third kappa shape index (κ3) is 2.82. The monoisotopic (exact) mass is 236 g/mol. The number of nitrogens with two attached hydrogens (primary N) is 1. The van der Waals surface area contributed by atoms with E-state index in [-0.39, 0.29) is 5.92 Å². The van der Waals surface area contributed by atoms with Gasteiger partial charge in [0.25, 0.3) is 0 Å². The fourth-order valence-corrected chi connectivity index (χ4v) is 2.33. The Morgan fingerprint density at radius 3 is 3.18 bits per heavy atom. The van der Waals surface area contributed by atoms with Crippen molar-refractivity contribution in [1.82, 2.24) is 19.7 Å². The summed E-state index contributed by atoms with van der Waals surface area (Å²) in [5.74, 6) is 1.52. The van der Waals surface area contributed by atoms with Crippen LogP contribution < -0.4 is 5.73 Å². The van der Waals surface area contributed by atoms with Crippen LogP contribution in [0.4, 0.5) is 0 Å². The number of aryl methyl sites for hydroxylation is 1. The van der Waals surface area contributed by atoms with Gasteiger partial charge in [0.15, 0.2) is 0 Å². The van der Waals surface area contributed by atoms with E-state index >= 15 is 0 Å². The van der Waals surface area contributed by atoms with E-state index in [1.165, 1.54) is 0 Å². The molecule has 1 unspecified atom stereocenters. The average Bonchev–Trinajstić information content (AvgIpc) is 2.76. The number of amidine groups is 1. The lowest BCUT2D eigenvalue weighted by molar-refractivity contribution is 0.188. The molecule has 1 aromatic rings. The quantitative estimate of drug-likeness (QED) is 0.587. The van der Waals surface area contributed by atoms with Crippen molar-refractivity contribution in [2.75, 3.05) is 13.1 Å². The molecule has 0 spiro atoms. The average molecular weight is 236 g/mol. The van der Waals surface area contributed by atoms with Gasteiger partial charge in [0.1, 0.15) is 12.2 Å². The number of hydrogen-bond donors (Lipinski definition) is 2. The standard InChI is InChI=1S/C11H20N6/c1-2-17-10(14-8-15-17)7-16-5-3-4-9(6-16)11(12)13/h8-9H,2-7H2,1H3,(H3,12,13). The maximum Gasteiger partial charge on any atom is 0.140 e. The fourth-order valence-electron chi connectivity index (χ4n) is 2.33. The number of rotatable bonds is 4. The highest BCUT2D eigenvalue weighted by molar-refractivity contribution is 5.79. The minimum absolute atomic E-state index is 0.210. The number of likely N-dealkylation sites (tertiary alicyclic amines) is 1. The van der Waals surface area contributed by atoms with Gasteiger partial charge in [-0.2, -0.15) is 5.10 Å². The summed E-state index contributed by atoms with van der Waals surface area (Å²) in [6.07, 6.45) is 3.74. The largest absolute Gasteiger partial charge is 0.387 e. The summed E-state index contributed by atoms with van der Waals surface area (Å²) in [7, 11) is 0. The van der Waals surface area contributed by atoms with Gasteiger partial charge in [-0.1, -0.05) is 0 Å². The van der Waals surface area contributed by atoms with E-state index in [2.05, 4.69) is 21.9 Å². The first-order valence-electron chi connectivity index (χ1n) is 6.13. The zero-order chi connectivity index (χ0) is 12.3. The Morgan fingerprint density at radius 1 is 1.65 bits per heavy atom. The summed E-state index contributed by atoms with van der Waals surface area (Å²) < 4.78 is 1.91. The van der Waals surface area contributed by atoms with Gasteiger partial charge in [0.2, 0.25) is 0 Å². The first kappa shape index (κ1) is 12.0. The molecule has 1 aromatic heterocycles. The van der Waals surface area contributed by atoms with E-state index in [9.17, 15) is 0 Å².